The summed E-state index contributed by atoms with van der Waals surface area (Å²) in [5, 5.41) is 6.07. The average Bonchev–Trinajstić information content (AvgIpc) is 2.90. The lowest BCUT2D eigenvalue weighted by molar-refractivity contribution is -0.133. The van der Waals surface area contributed by atoms with Crippen LogP contribution < -0.4 is 20.1 Å². The molecule has 160 valence electrons. The highest BCUT2D eigenvalue weighted by atomic mass is 16.5. The van der Waals surface area contributed by atoms with Gasteiger partial charge in [-0.2, -0.15) is 0 Å². The Morgan fingerprint density at radius 2 is 1.93 bits per heavy atom. The van der Waals surface area contributed by atoms with Crippen LogP contribution in [0.5, 0.6) is 11.5 Å². The van der Waals surface area contributed by atoms with Gasteiger partial charge in [0.2, 0.25) is 11.8 Å². The van der Waals surface area contributed by atoms with Crippen LogP contribution in [-0.4, -0.2) is 55.6 Å². The molecule has 1 fully saturated rings. The first-order valence-corrected chi connectivity index (χ1v) is 10.6. The van der Waals surface area contributed by atoms with Crippen molar-refractivity contribution in [3.8, 4) is 11.5 Å². The fourth-order valence-corrected chi connectivity index (χ4v) is 4.05. The minimum absolute atomic E-state index is 0.00219. The van der Waals surface area contributed by atoms with Crippen molar-refractivity contribution < 1.29 is 19.1 Å². The molecule has 0 bridgehead atoms. The SMILES string of the molecule is CC(C)C(NC(=O)CN1CCNC(=O)C1C(C)C)c1ccc2c(c1)OCCCO2. The number of amides is 2. The molecule has 2 unspecified atom stereocenters. The van der Waals surface area contributed by atoms with Gasteiger partial charge in [-0.25, -0.2) is 0 Å². The second kappa shape index (κ2) is 9.48. The van der Waals surface area contributed by atoms with Crippen LogP contribution in [-0.2, 0) is 9.59 Å². The van der Waals surface area contributed by atoms with Crippen LogP contribution in [0.25, 0.3) is 0 Å². The molecule has 0 spiro atoms. The van der Waals surface area contributed by atoms with Crippen LogP contribution >= 0.6 is 0 Å². The van der Waals surface area contributed by atoms with Crippen LogP contribution in [0.2, 0.25) is 0 Å². The first-order valence-electron chi connectivity index (χ1n) is 10.6. The lowest BCUT2D eigenvalue weighted by atomic mass is 9.95. The van der Waals surface area contributed by atoms with Crippen molar-refractivity contribution >= 4 is 11.8 Å². The molecular weight excluding hydrogens is 370 g/mol. The highest BCUT2D eigenvalue weighted by Gasteiger charge is 2.33. The number of benzene rings is 1. The fourth-order valence-electron chi connectivity index (χ4n) is 4.05. The number of hydrogen-bond acceptors (Lipinski definition) is 5. The van der Waals surface area contributed by atoms with E-state index in [1.165, 1.54) is 0 Å². The Hall–Kier alpha value is -2.28. The smallest absolute Gasteiger partial charge is 0.237 e. The molecule has 2 aliphatic heterocycles. The van der Waals surface area contributed by atoms with Crippen LogP contribution in [0.1, 0.15) is 45.7 Å². The van der Waals surface area contributed by atoms with Crippen molar-refractivity contribution in [3.63, 3.8) is 0 Å². The zero-order valence-corrected chi connectivity index (χ0v) is 17.9. The molecule has 2 N–H and O–H groups in total. The van der Waals surface area contributed by atoms with E-state index in [1.807, 2.05) is 36.9 Å². The van der Waals surface area contributed by atoms with Crippen molar-refractivity contribution in [2.45, 2.75) is 46.2 Å². The van der Waals surface area contributed by atoms with E-state index in [9.17, 15) is 9.59 Å². The molecular formula is C22H33N3O4. The normalized spacial score (nSPS) is 20.9. The number of ether oxygens (including phenoxy) is 2. The summed E-state index contributed by atoms with van der Waals surface area (Å²) in [7, 11) is 0. The maximum atomic E-state index is 12.9. The Morgan fingerprint density at radius 1 is 1.21 bits per heavy atom. The zero-order valence-electron chi connectivity index (χ0n) is 17.9. The van der Waals surface area contributed by atoms with E-state index in [0.717, 1.165) is 23.5 Å². The van der Waals surface area contributed by atoms with Crippen LogP contribution in [0.4, 0.5) is 0 Å². The van der Waals surface area contributed by atoms with Gasteiger partial charge in [-0.15, -0.1) is 0 Å². The molecule has 2 amide bonds. The second-order valence-electron chi connectivity index (χ2n) is 8.50. The van der Waals surface area contributed by atoms with Gasteiger partial charge >= 0.3 is 0 Å². The summed E-state index contributed by atoms with van der Waals surface area (Å²) < 4.78 is 11.5. The molecule has 0 aliphatic carbocycles. The quantitative estimate of drug-likeness (QED) is 0.761. The molecule has 2 aliphatic rings. The van der Waals surface area contributed by atoms with Gasteiger partial charge in [0, 0.05) is 19.5 Å². The summed E-state index contributed by atoms with van der Waals surface area (Å²) in [6.45, 7) is 10.9. The Kier molecular flexibility index (Phi) is 7.00. The van der Waals surface area contributed by atoms with Crippen molar-refractivity contribution in [2.75, 3.05) is 32.8 Å². The van der Waals surface area contributed by atoms with Crippen LogP contribution in [0.15, 0.2) is 18.2 Å². The maximum absolute atomic E-state index is 12.9. The molecule has 7 heteroatoms. The third kappa shape index (κ3) is 5.21. The summed E-state index contributed by atoms with van der Waals surface area (Å²) in [5.74, 6) is 1.75. The number of nitrogens with zero attached hydrogens (tertiary/aromatic N) is 1. The number of hydrogen-bond donors (Lipinski definition) is 2. The number of carbonyl (C=O) groups excluding carboxylic acids is 2. The molecule has 1 aromatic carbocycles. The van der Waals surface area contributed by atoms with Gasteiger partial charge < -0.3 is 20.1 Å². The van der Waals surface area contributed by atoms with E-state index in [-0.39, 0.29) is 42.3 Å². The third-order valence-corrected chi connectivity index (χ3v) is 5.45. The van der Waals surface area contributed by atoms with Gasteiger partial charge in [0.25, 0.3) is 0 Å². The van der Waals surface area contributed by atoms with Crippen LogP contribution in [0.3, 0.4) is 0 Å². The highest BCUT2D eigenvalue weighted by Crippen LogP contribution is 2.34. The third-order valence-electron chi connectivity index (χ3n) is 5.45. The van der Waals surface area contributed by atoms with Gasteiger partial charge in [-0.05, 0) is 29.5 Å². The van der Waals surface area contributed by atoms with E-state index in [4.69, 9.17) is 9.47 Å². The van der Waals surface area contributed by atoms with Gasteiger partial charge in [0.05, 0.1) is 31.8 Å². The monoisotopic (exact) mass is 403 g/mol. The summed E-state index contributed by atoms with van der Waals surface area (Å²) in [5.41, 5.74) is 0.995. The van der Waals surface area contributed by atoms with Crippen molar-refractivity contribution in [3.05, 3.63) is 23.8 Å². The molecule has 2 heterocycles. The average molecular weight is 404 g/mol. The minimum atomic E-state index is -0.273. The molecule has 2 atom stereocenters. The molecule has 0 aromatic heterocycles. The number of rotatable bonds is 6. The van der Waals surface area contributed by atoms with Crippen LogP contribution in [0, 0.1) is 11.8 Å². The molecule has 7 nitrogen and oxygen atoms in total. The molecule has 3 rings (SSSR count). The van der Waals surface area contributed by atoms with Crippen molar-refractivity contribution in [1.82, 2.24) is 15.5 Å². The summed E-state index contributed by atoms with van der Waals surface area (Å²) >= 11 is 0. The molecule has 1 saturated heterocycles. The predicted molar refractivity (Wildman–Crippen MR) is 111 cm³/mol. The largest absolute Gasteiger partial charge is 0.490 e. The molecule has 1 aromatic rings. The summed E-state index contributed by atoms with van der Waals surface area (Å²) in [4.78, 5) is 27.1. The minimum Gasteiger partial charge on any atom is -0.490 e. The number of piperazine rings is 1. The summed E-state index contributed by atoms with van der Waals surface area (Å²) in [6, 6.07) is 5.46. The first-order chi connectivity index (χ1) is 13.9. The van der Waals surface area contributed by atoms with Gasteiger partial charge in [0.1, 0.15) is 0 Å². The Morgan fingerprint density at radius 3 is 2.62 bits per heavy atom. The summed E-state index contributed by atoms with van der Waals surface area (Å²) in [6.07, 6.45) is 0.856. The number of fused-ring (bicyclic) bond motifs is 1. The topological polar surface area (TPSA) is 79.9 Å². The number of carbonyl (C=O) groups is 2. The zero-order chi connectivity index (χ0) is 21.0. The van der Waals surface area contributed by atoms with Crippen molar-refractivity contribution in [2.24, 2.45) is 11.8 Å². The first kappa shape index (κ1) is 21.4. The van der Waals surface area contributed by atoms with E-state index in [0.29, 0.717) is 26.3 Å². The molecule has 0 radical (unpaired) electrons. The predicted octanol–water partition coefficient (Wildman–Crippen LogP) is 2.12. The van der Waals surface area contributed by atoms with Crippen molar-refractivity contribution in [1.29, 1.82) is 0 Å². The van der Waals surface area contributed by atoms with Gasteiger partial charge in [-0.1, -0.05) is 33.8 Å². The Labute approximate surface area is 173 Å². The fraction of sp³-hybridized carbons (Fsp3) is 0.636. The lowest BCUT2D eigenvalue weighted by Crippen LogP contribution is -2.59. The lowest BCUT2D eigenvalue weighted by Gasteiger charge is -2.37. The Balaban J connectivity index is 1.71. The standard InChI is InChI=1S/C22H33N3O4/c1-14(2)20(16-6-7-17-18(12-16)29-11-5-10-28-17)24-19(26)13-25-9-8-23-22(27)21(25)15(3)4/h6-7,12,14-15,20-21H,5,8-11,13H2,1-4H3,(H,23,27)(H,24,26). The van der Waals surface area contributed by atoms with E-state index >= 15 is 0 Å². The maximum Gasteiger partial charge on any atom is 0.237 e. The molecule has 29 heavy (non-hydrogen) atoms. The highest BCUT2D eigenvalue weighted by molar-refractivity contribution is 5.84. The Bertz CT molecular complexity index is 735. The number of nitrogens with one attached hydrogen (secondary N) is 2. The van der Waals surface area contributed by atoms with E-state index in [2.05, 4.69) is 24.5 Å². The molecule has 0 saturated carbocycles. The second-order valence-corrected chi connectivity index (χ2v) is 8.50. The van der Waals surface area contributed by atoms with Gasteiger partial charge in [-0.3, -0.25) is 14.5 Å². The van der Waals surface area contributed by atoms with E-state index in [1.54, 1.807) is 0 Å². The van der Waals surface area contributed by atoms with Gasteiger partial charge in [0.15, 0.2) is 11.5 Å². The van der Waals surface area contributed by atoms with E-state index < -0.39 is 0 Å².